The van der Waals surface area contributed by atoms with Gasteiger partial charge in [0.2, 0.25) is 0 Å². The smallest absolute Gasteiger partial charge is 0.299 e. The second-order valence-corrected chi connectivity index (χ2v) is 6.03. The van der Waals surface area contributed by atoms with E-state index in [2.05, 4.69) is 10.3 Å². The van der Waals surface area contributed by atoms with Gasteiger partial charge in [-0.15, -0.1) is 0 Å². The maximum absolute atomic E-state index is 12.5. The molecule has 0 bridgehead atoms. The number of hydrogen-bond donors (Lipinski definition) is 2. The van der Waals surface area contributed by atoms with Gasteiger partial charge < -0.3 is 9.55 Å². The highest BCUT2D eigenvalue weighted by atomic mass is 16.2. The van der Waals surface area contributed by atoms with Gasteiger partial charge in [0.15, 0.2) is 0 Å². The minimum absolute atomic E-state index is 0.240. The van der Waals surface area contributed by atoms with Gasteiger partial charge in [-0.05, 0) is 12.1 Å². The van der Waals surface area contributed by atoms with Crippen molar-refractivity contribution in [3.8, 4) is 0 Å². The number of aromatic amines is 1. The summed E-state index contributed by atoms with van der Waals surface area (Å²) in [4.78, 5) is 40.2. The Kier molecular flexibility index (Phi) is 3.65. The molecule has 0 radical (unpaired) electrons. The number of Topliss-reactive ketones (excluding diaryl/α,β-unsaturated/α-hetero) is 1. The maximum Gasteiger partial charge on any atom is 0.299 e. The van der Waals surface area contributed by atoms with Crippen molar-refractivity contribution in [3.63, 3.8) is 0 Å². The molecule has 6 heteroatoms. The molecule has 0 spiro atoms. The van der Waals surface area contributed by atoms with Crippen molar-refractivity contribution in [3.05, 3.63) is 72.1 Å². The van der Waals surface area contributed by atoms with Gasteiger partial charge >= 0.3 is 0 Å². The predicted molar refractivity (Wildman–Crippen MR) is 98.0 cm³/mol. The van der Waals surface area contributed by atoms with E-state index in [9.17, 15) is 14.4 Å². The lowest BCUT2D eigenvalue weighted by Gasteiger charge is -2.02. The minimum Gasteiger partial charge on any atom is -0.360 e. The molecule has 26 heavy (non-hydrogen) atoms. The van der Waals surface area contributed by atoms with Gasteiger partial charge in [0.25, 0.3) is 17.6 Å². The molecule has 0 saturated heterocycles. The number of carbonyl (C=O) groups is 3. The molecule has 2 aromatic heterocycles. The van der Waals surface area contributed by atoms with Crippen LogP contribution >= 0.6 is 0 Å². The zero-order chi connectivity index (χ0) is 18.3. The van der Waals surface area contributed by atoms with E-state index >= 15 is 0 Å². The van der Waals surface area contributed by atoms with Gasteiger partial charge in [-0.3, -0.25) is 19.7 Å². The van der Waals surface area contributed by atoms with E-state index in [4.69, 9.17) is 0 Å². The molecular formula is C20H15N3O3. The summed E-state index contributed by atoms with van der Waals surface area (Å²) in [5.74, 6) is -2.30. The number of ketones is 1. The summed E-state index contributed by atoms with van der Waals surface area (Å²) in [5, 5.41) is 3.57. The first-order valence-electron chi connectivity index (χ1n) is 8.06. The highest BCUT2D eigenvalue weighted by molar-refractivity contribution is 6.47. The fourth-order valence-electron chi connectivity index (χ4n) is 3.13. The highest BCUT2D eigenvalue weighted by Gasteiger charge is 2.23. The lowest BCUT2D eigenvalue weighted by atomic mass is 10.1. The Hall–Kier alpha value is -3.67. The summed E-state index contributed by atoms with van der Waals surface area (Å²) in [5.41, 5.74) is 2.21. The van der Waals surface area contributed by atoms with Crippen LogP contribution < -0.4 is 5.32 Å². The van der Waals surface area contributed by atoms with E-state index < -0.39 is 17.6 Å². The van der Waals surface area contributed by atoms with Crippen LogP contribution in [-0.2, 0) is 11.8 Å². The molecule has 2 heterocycles. The number of imide groups is 1. The zero-order valence-corrected chi connectivity index (χ0v) is 13.9. The molecular weight excluding hydrogens is 330 g/mol. The summed E-state index contributed by atoms with van der Waals surface area (Å²) in [6.07, 6.45) is 3.12. The van der Waals surface area contributed by atoms with Crippen molar-refractivity contribution in [1.29, 1.82) is 0 Å². The highest BCUT2D eigenvalue weighted by Crippen LogP contribution is 2.21. The fraction of sp³-hybridized carbons (Fsp3) is 0.0500. The van der Waals surface area contributed by atoms with Crippen LogP contribution in [0.1, 0.15) is 20.7 Å². The van der Waals surface area contributed by atoms with Gasteiger partial charge in [-0.1, -0.05) is 36.4 Å². The second-order valence-electron chi connectivity index (χ2n) is 6.03. The Bertz CT molecular complexity index is 1180. The van der Waals surface area contributed by atoms with E-state index in [1.807, 2.05) is 37.4 Å². The SMILES string of the molecule is Cn1cc(C(=O)NC(=O)C(=O)c2c[nH]c3ccccc23)c2ccccc21. The monoisotopic (exact) mass is 345 g/mol. The van der Waals surface area contributed by atoms with E-state index in [0.717, 1.165) is 16.4 Å². The van der Waals surface area contributed by atoms with Crippen LogP contribution in [0.15, 0.2) is 60.9 Å². The third-order valence-corrected chi connectivity index (χ3v) is 4.41. The quantitative estimate of drug-likeness (QED) is 0.442. The van der Waals surface area contributed by atoms with Crippen LogP contribution in [-0.4, -0.2) is 27.1 Å². The second kappa shape index (κ2) is 6.00. The zero-order valence-electron chi connectivity index (χ0n) is 13.9. The van der Waals surface area contributed by atoms with E-state index in [0.29, 0.717) is 10.9 Å². The Morgan fingerprint density at radius 1 is 0.923 bits per heavy atom. The molecule has 2 amide bonds. The lowest BCUT2D eigenvalue weighted by Crippen LogP contribution is -2.36. The summed E-state index contributed by atoms with van der Waals surface area (Å²) in [6.45, 7) is 0. The number of fused-ring (bicyclic) bond motifs is 2. The maximum atomic E-state index is 12.5. The van der Waals surface area contributed by atoms with Crippen LogP contribution in [0, 0.1) is 0 Å². The average Bonchev–Trinajstić information content (AvgIpc) is 3.23. The number of aromatic nitrogens is 2. The van der Waals surface area contributed by atoms with Crippen LogP contribution in [0.2, 0.25) is 0 Å². The molecule has 2 N–H and O–H groups in total. The van der Waals surface area contributed by atoms with Crippen LogP contribution in [0.4, 0.5) is 0 Å². The molecule has 4 rings (SSSR count). The summed E-state index contributed by atoms with van der Waals surface area (Å²) in [7, 11) is 1.82. The molecule has 0 unspecified atom stereocenters. The number of para-hydroxylation sites is 2. The van der Waals surface area contributed by atoms with Crippen LogP contribution in [0.3, 0.4) is 0 Å². The number of amides is 2. The number of nitrogens with one attached hydrogen (secondary N) is 2. The third kappa shape index (κ3) is 2.48. The Morgan fingerprint density at radius 2 is 1.62 bits per heavy atom. The first-order valence-corrected chi connectivity index (χ1v) is 8.06. The predicted octanol–water partition coefficient (Wildman–Crippen LogP) is 2.80. The number of H-pyrrole nitrogens is 1. The van der Waals surface area contributed by atoms with Crippen molar-refractivity contribution < 1.29 is 14.4 Å². The molecule has 0 fully saturated rings. The lowest BCUT2D eigenvalue weighted by molar-refractivity contribution is -0.116. The first-order chi connectivity index (χ1) is 12.6. The fourth-order valence-corrected chi connectivity index (χ4v) is 3.13. The Labute approximate surface area is 148 Å². The van der Waals surface area contributed by atoms with Crippen LogP contribution in [0.5, 0.6) is 0 Å². The minimum atomic E-state index is -0.951. The molecule has 128 valence electrons. The molecule has 0 aliphatic heterocycles. The number of hydrogen-bond acceptors (Lipinski definition) is 3. The molecule has 0 atom stereocenters. The summed E-state index contributed by atoms with van der Waals surface area (Å²) >= 11 is 0. The van der Waals surface area contributed by atoms with Crippen molar-refractivity contribution in [2.75, 3.05) is 0 Å². The number of aryl methyl sites for hydroxylation is 1. The van der Waals surface area contributed by atoms with Gasteiger partial charge in [-0.25, -0.2) is 0 Å². The Balaban J connectivity index is 1.61. The van der Waals surface area contributed by atoms with Gasteiger partial charge in [0, 0.05) is 41.2 Å². The standard InChI is InChI=1S/C20H15N3O3/c1-23-11-15(13-7-3-5-9-17(13)23)19(25)22-20(26)18(24)14-10-21-16-8-4-2-6-12(14)16/h2-11,21H,1H3,(H,22,25,26). The van der Waals surface area contributed by atoms with E-state index in [1.165, 1.54) is 6.20 Å². The van der Waals surface area contributed by atoms with E-state index in [-0.39, 0.29) is 5.56 Å². The number of rotatable bonds is 3. The molecule has 0 saturated carbocycles. The Morgan fingerprint density at radius 3 is 2.42 bits per heavy atom. The first kappa shape index (κ1) is 15.8. The molecule has 2 aromatic carbocycles. The molecule has 0 aliphatic carbocycles. The molecule has 0 aliphatic rings. The van der Waals surface area contributed by atoms with Crippen LogP contribution in [0.25, 0.3) is 21.8 Å². The third-order valence-electron chi connectivity index (χ3n) is 4.41. The van der Waals surface area contributed by atoms with E-state index in [1.54, 1.807) is 29.0 Å². The molecule has 6 nitrogen and oxygen atoms in total. The van der Waals surface area contributed by atoms with Gasteiger partial charge in [0.1, 0.15) is 0 Å². The largest absolute Gasteiger partial charge is 0.360 e. The number of benzene rings is 2. The number of carbonyl (C=O) groups excluding carboxylic acids is 3. The number of nitrogens with zero attached hydrogens (tertiary/aromatic N) is 1. The van der Waals surface area contributed by atoms with Gasteiger partial charge in [-0.2, -0.15) is 0 Å². The topological polar surface area (TPSA) is 84.0 Å². The van der Waals surface area contributed by atoms with Crippen molar-refractivity contribution in [1.82, 2.24) is 14.9 Å². The summed E-state index contributed by atoms with van der Waals surface area (Å²) in [6, 6.07) is 14.5. The van der Waals surface area contributed by atoms with Crippen molar-refractivity contribution in [2.45, 2.75) is 0 Å². The molecule has 4 aromatic rings. The van der Waals surface area contributed by atoms with Gasteiger partial charge in [0.05, 0.1) is 11.1 Å². The normalized spacial score (nSPS) is 11.0. The van der Waals surface area contributed by atoms with Crippen molar-refractivity contribution >= 4 is 39.4 Å². The van der Waals surface area contributed by atoms with Crippen molar-refractivity contribution in [2.24, 2.45) is 7.05 Å². The summed E-state index contributed by atoms with van der Waals surface area (Å²) < 4.78 is 1.80. The average molecular weight is 345 g/mol.